The Bertz CT molecular complexity index is 1500. The lowest BCUT2D eigenvalue weighted by molar-refractivity contribution is -0.118. The van der Waals surface area contributed by atoms with Crippen molar-refractivity contribution in [3.63, 3.8) is 0 Å². The summed E-state index contributed by atoms with van der Waals surface area (Å²) < 4.78 is 37.8. The summed E-state index contributed by atoms with van der Waals surface area (Å²) in [7, 11) is 1.63. The fourth-order valence-corrected chi connectivity index (χ4v) is 4.94. The number of hydrogen-bond acceptors (Lipinski definition) is 5. The molecule has 2 unspecified atom stereocenters. The number of methoxy groups -OCH3 is 1. The number of amides is 1. The summed E-state index contributed by atoms with van der Waals surface area (Å²) in [5.41, 5.74) is 5.97. The molecule has 0 saturated carbocycles. The second kappa shape index (κ2) is 14.7. The number of carbonyl (C=O) groups excluding carboxylic acids is 1. The number of benzene rings is 4. The molecule has 1 N–H and O–H groups in total. The minimum atomic E-state index is -0.671. The molecule has 0 fully saturated rings. The number of ether oxygens (including phenoxy) is 4. The zero-order chi connectivity index (χ0) is 30.0. The second-order valence-corrected chi connectivity index (χ2v) is 10.5. The summed E-state index contributed by atoms with van der Waals surface area (Å²) >= 11 is 0. The number of aryl methyl sites for hydroxylation is 1. The standard InChI is InChI=1S/C36H36FNO5/c1-25-8-10-26(11-9-25)20-38-36(39)34-32(23-43-35(34)29-14-16-30(37)17-15-29)33(24-41-21-27-6-4-3-5-7-27)42-22-28-12-18-31(40-2)19-13-28/h3-19,33,35H,20-24H2,1-2H3,(H,38,39). The van der Waals surface area contributed by atoms with Gasteiger partial charge in [-0.15, -0.1) is 0 Å². The Kier molecular flexibility index (Phi) is 10.3. The Morgan fingerprint density at radius 3 is 2.26 bits per heavy atom. The molecule has 43 heavy (non-hydrogen) atoms. The highest BCUT2D eigenvalue weighted by Crippen LogP contribution is 2.37. The summed E-state index contributed by atoms with van der Waals surface area (Å²) in [5, 5.41) is 3.06. The van der Waals surface area contributed by atoms with Gasteiger partial charge in [0.15, 0.2) is 0 Å². The third-order valence-electron chi connectivity index (χ3n) is 7.38. The summed E-state index contributed by atoms with van der Waals surface area (Å²) in [6.45, 7) is 3.47. The van der Waals surface area contributed by atoms with Crippen LogP contribution in [0, 0.1) is 12.7 Å². The van der Waals surface area contributed by atoms with Crippen LogP contribution in [-0.2, 0) is 38.8 Å². The first-order chi connectivity index (χ1) is 21.0. The normalized spacial score (nSPS) is 15.4. The number of carbonyl (C=O) groups is 1. The fourth-order valence-electron chi connectivity index (χ4n) is 4.94. The smallest absolute Gasteiger partial charge is 0.250 e. The van der Waals surface area contributed by atoms with Gasteiger partial charge in [0.2, 0.25) is 0 Å². The Balaban J connectivity index is 1.42. The van der Waals surface area contributed by atoms with Gasteiger partial charge in [-0.25, -0.2) is 4.39 Å². The lowest BCUT2D eigenvalue weighted by atomic mass is 9.95. The minimum Gasteiger partial charge on any atom is -0.497 e. The predicted octanol–water partition coefficient (Wildman–Crippen LogP) is 6.63. The highest BCUT2D eigenvalue weighted by molar-refractivity contribution is 5.96. The van der Waals surface area contributed by atoms with Crippen molar-refractivity contribution in [2.75, 3.05) is 20.3 Å². The van der Waals surface area contributed by atoms with Gasteiger partial charge in [-0.1, -0.05) is 84.4 Å². The number of nitrogens with one attached hydrogen (secondary N) is 1. The largest absolute Gasteiger partial charge is 0.497 e. The van der Waals surface area contributed by atoms with Gasteiger partial charge in [-0.2, -0.15) is 0 Å². The Hall–Kier alpha value is -4.30. The van der Waals surface area contributed by atoms with Crippen LogP contribution in [0.15, 0.2) is 114 Å². The van der Waals surface area contributed by atoms with Gasteiger partial charge in [0.1, 0.15) is 23.8 Å². The van der Waals surface area contributed by atoms with E-state index >= 15 is 0 Å². The van der Waals surface area contributed by atoms with Crippen LogP contribution in [0.2, 0.25) is 0 Å². The van der Waals surface area contributed by atoms with Crippen molar-refractivity contribution in [2.24, 2.45) is 0 Å². The molecule has 0 radical (unpaired) electrons. The number of rotatable bonds is 13. The lowest BCUT2D eigenvalue weighted by Gasteiger charge is -2.21. The molecule has 0 aromatic heterocycles. The molecule has 1 aliphatic heterocycles. The van der Waals surface area contributed by atoms with E-state index in [1.165, 1.54) is 12.1 Å². The van der Waals surface area contributed by atoms with E-state index in [2.05, 4.69) is 5.32 Å². The molecule has 0 bridgehead atoms. The maximum absolute atomic E-state index is 13.9. The first kappa shape index (κ1) is 30.2. The van der Waals surface area contributed by atoms with E-state index in [4.69, 9.17) is 18.9 Å². The van der Waals surface area contributed by atoms with E-state index in [0.717, 1.165) is 28.0 Å². The summed E-state index contributed by atoms with van der Waals surface area (Å²) in [6, 6.07) is 31.6. The van der Waals surface area contributed by atoms with Crippen LogP contribution in [0.4, 0.5) is 4.39 Å². The van der Waals surface area contributed by atoms with Gasteiger partial charge >= 0.3 is 0 Å². The topological polar surface area (TPSA) is 66.0 Å². The molecule has 0 saturated heterocycles. The Labute approximate surface area is 252 Å². The second-order valence-electron chi connectivity index (χ2n) is 10.5. The third-order valence-corrected chi connectivity index (χ3v) is 7.38. The minimum absolute atomic E-state index is 0.178. The van der Waals surface area contributed by atoms with E-state index in [0.29, 0.717) is 36.5 Å². The first-order valence-electron chi connectivity index (χ1n) is 14.3. The van der Waals surface area contributed by atoms with Gasteiger partial charge in [0, 0.05) is 6.54 Å². The zero-order valence-electron chi connectivity index (χ0n) is 24.4. The van der Waals surface area contributed by atoms with E-state index in [1.807, 2.05) is 85.8 Å². The summed E-state index contributed by atoms with van der Waals surface area (Å²) in [6.07, 6.45) is -1.23. The molecular weight excluding hydrogens is 545 g/mol. The van der Waals surface area contributed by atoms with Gasteiger partial charge in [0.05, 0.1) is 39.1 Å². The molecular formula is C36H36FNO5. The van der Waals surface area contributed by atoms with Crippen molar-refractivity contribution >= 4 is 5.91 Å². The van der Waals surface area contributed by atoms with Crippen molar-refractivity contribution in [1.82, 2.24) is 5.32 Å². The number of hydrogen-bond donors (Lipinski definition) is 1. The van der Waals surface area contributed by atoms with E-state index < -0.39 is 12.2 Å². The van der Waals surface area contributed by atoms with Crippen LogP contribution in [0.25, 0.3) is 0 Å². The molecule has 222 valence electrons. The molecule has 1 amide bonds. The summed E-state index contributed by atoms with van der Waals surface area (Å²) in [5.74, 6) is 0.142. The lowest BCUT2D eigenvalue weighted by Crippen LogP contribution is -2.30. The van der Waals surface area contributed by atoms with Crippen molar-refractivity contribution in [3.8, 4) is 5.75 Å². The molecule has 6 nitrogen and oxygen atoms in total. The van der Waals surface area contributed by atoms with Crippen molar-refractivity contribution < 1.29 is 28.1 Å². The molecule has 0 aliphatic carbocycles. The maximum atomic E-state index is 13.9. The molecule has 7 heteroatoms. The summed E-state index contributed by atoms with van der Waals surface area (Å²) in [4.78, 5) is 13.9. The van der Waals surface area contributed by atoms with Crippen molar-refractivity contribution in [1.29, 1.82) is 0 Å². The molecule has 1 aliphatic rings. The molecule has 5 rings (SSSR count). The Morgan fingerprint density at radius 1 is 0.884 bits per heavy atom. The van der Waals surface area contributed by atoms with Crippen LogP contribution in [-0.4, -0.2) is 32.3 Å². The average Bonchev–Trinajstić information content (AvgIpc) is 3.48. The Morgan fingerprint density at radius 2 is 1.56 bits per heavy atom. The highest BCUT2D eigenvalue weighted by atomic mass is 19.1. The molecule has 4 aromatic carbocycles. The van der Waals surface area contributed by atoms with Crippen LogP contribution >= 0.6 is 0 Å². The van der Waals surface area contributed by atoms with Crippen LogP contribution < -0.4 is 10.1 Å². The zero-order valence-corrected chi connectivity index (χ0v) is 24.4. The van der Waals surface area contributed by atoms with E-state index in [-0.39, 0.29) is 24.9 Å². The SMILES string of the molecule is COc1ccc(COC(COCc2ccccc2)C2=C(C(=O)NCc3ccc(C)cc3)C(c3ccc(F)cc3)OC2)cc1. The van der Waals surface area contributed by atoms with Crippen LogP contribution in [0.3, 0.4) is 0 Å². The highest BCUT2D eigenvalue weighted by Gasteiger charge is 2.36. The predicted molar refractivity (Wildman–Crippen MR) is 163 cm³/mol. The molecule has 0 spiro atoms. The quantitative estimate of drug-likeness (QED) is 0.192. The van der Waals surface area contributed by atoms with Crippen LogP contribution in [0.1, 0.15) is 33.9 Å². The van der Waals surface area contributed by atoms with Gasteiger partial charge in [0.25, 0.3) is 5.91 Å². The van der Waals surface area contributed by atoms with Gasteiger partial charge in [-0.3, -0.25) is 4.79 Å². The van der Waals surface area contributed by atoms with Crippen molar-refractivity contribution in [2.45, 2.75) is 38.9 Å². The fraction of sp³-hybridized carbons (Fsp3) is 0.250. The van der Waals surface area contributed by atoms with Crippen molar-refractivity contribution in [3.05, 3.63) is 148 Å². The van der Waals surface area contributed by atoms with Gasteiger partial charge < -0.3 is 24.3 Å². The molecule has 4 aromatic rings. The first-order valence-corrected chi connectivity index (χ1v) is 14.3. The third kappa shape index (κ3) is 8.17. The van der Waals surface area contributed by atoms with E-state index in [1.54, 1.807) is 19.2 Å². The van der Waals surface area contributed by atoms with Gasteiger partial charge in [-0.05, 0) is 59.0 Å². The van der Waals surface area contributed by atoms with Crippen LogP contribution in [0.5, 0.6) is 5.75 Å². The average molecular weight is 582 g/mol. The number of halogens is 1. The molecule has 1 heterocycles. The maximum Gasteiger partial charge on any atom is 0.250 e. The monoisotopic (exact) mass is 581 g/mol. The van der Waals surface area contributed by atoms with E-state index in [9.17, 15) is 9.18 Å². The molecule has 2 atom stereocenters.